The molecule has 4 heterocycles. The summed E-state index contributed by atoms with van der Waals surface area (Å²) in [5, 5.41) is 9.03. The molecule has 7 nitrogen and oxygen atoms in total. The molecule has 1 aliphatic carbocycles. The maximum Gasteiger partial charge on any atom is 0.416 e. The fourth-order valence-electron chi connectivity index (χ4n) is 4.91. The van der Waals surface area contributed by atoms with Gasteiger partial charge in [-0.1, -0.05) is 0 Å². The maximum atomic E-state index is 15.0. The van der Waals surface area contributed by atoms with Gasteiger partial charge in [-0.15, -0.1) is 0 Å². The Morgan fingerprint density at radius 2 is 1.86 bits per heavy atom. The monoisotopic (exact) mass is 513 g/mol. The fraction of sp³-hybridized carbons (Fsp3) is 0.385. The van der Waals surface area contributed by atoms with Crippen LogP contribution in [0.3, 0.4) is 0 Å². The van der Waals surface area contributed by atoms with Gasteiger partial charge in [0.15, 0.2) is 0 Å². The number of nitrogens with zero attached hydrogens (tertiary/aromatic N) is 5. The van der Waals surface area contributed by atoms with Crippen molar-refractivity contribution >= 4 is 10.8 Å². The van der Waals surface area contributed by atoms with Crippen molar-refractivity contribution in [3.05, 3.63) is 75.8 Å². The summed E-state index contributed by atoms with van der Waals surface area (Å²) in [6, 6.07) is 4.45. The predicted octanol–water partition coefficient (Wildman–Crippen LogP) is 5.32. The zero-order valence-corrected chi connectivity index (χ0v) is 19.9. The highest BCUT2D eigenvalue weighted by molar-refractivity contribution is 5.94. The van der Waals surface area contributed by atoms with Crippen LogP contribution in [-0.4, -0.2) is 31.2 Å². The Balaban J connectivity index is 1.43. The topological polar surface area (TPSA) is 74.8 Å². The van der Waals surface area contributed by atoms with E-state index < -0.39 is 23.1 Å². The number of alkyl halides is 3. The summed E-state index contributed by atoms with van der Waals surface area (Å²) in [6.07, 6.45) is 3.74. The molecule has 0 bridgehead atoms. The molecule has 1 saturated heterocycles. The summed E-state index contributed by atoms with van der Waals surface area (Å²) in [6.45, 7) is 0.460. The van der Waals surface area contributed by atoms with Gasteiger partial charge in [0.25, 0.3) is 5.56 Å². The first-order valence-corrected chi connectivity index (χ1v) is 12.1. The van der Waals surface area contributed by atoms with Gasteiger partial charge in [-0.2, -0.15) is 23.4 Å². The van der Waals surface area contributed by atoms with Crippen LogP contribution in [0.4, 0.5) is 17.6 Å². The zero-order chi connectivity index (χ0) is 25.9. The minimum atomic E-state index is -4.68. The Morgan fingerprint density at radius 3 is 2.59 bits per heavy atom. The number of aryl methyl sites for hydroxylation is 1. The third kappa shape index (κ3) is 4.41. The van der Waals surface area contributed by atoms with E-state index in [1.807, 2.05) is 17.1 Å². The lowest BCUT2D eigenvalue weighted by atomic mass is 9.89. The minimum Gasteiger partial charge on any atom is -0.373 e. The Labute approximate surface area is 208 Å². The van der Waals surface area contributed by atoms with Crippen molar-refractivity contribution in [2.45, 2.75) is 49.9 Å². The van der Waals surface area contributed by atoms with Gasteiger partial charge in [-0.25, -0.2) is 9.07 Å². The van der Waals surface area contributed by atoms with Gasteiger partial charge in [0.1, 0.15) is 5.82 Å². The molecular formula is C26H23F4N5O2. The van der Waals surface area contributed by atoms with Crippen LogP contribution in [0.2, 0.25) is 0 Å². The van der Waals surface area contributed by atoms with E-state index in [0.717, 1.165) is 35.2 Å². The lowest BCUT2D eigenvalue weighted by Crippen LogP contribution is -2.22. The average molecular weight is 513 g/mol. The number of ether oxygens (including phenoxy) is 1. The molecule has 3 aromatic heterocycles. The summed E-state index contributed by atoms with van der Waals surface area (Å²) in [5.74, 6) is -1.18. The molecule has 1 aromatic carbocycles. The molecule has 6 rings (SSSR count). The van der Waals surface area contributed by atoms with E-state index in [1.54, 1.807) is 6.07 Å². The molecule has 1 saturated carbocycles. The predicted molar refractivity (Wildman–Crippen MR) is 126 cm³/mol. The van der Waals surface area contributed by atoms with E-state index in [9.17, 15) is 18.0 Å². The SMILES string of the molecule is Cn1ncc2c(-c3ccc(C(F)(F)F)cc3F)nc(C3CCO[C@@H](c4cnn(C5CC5)c4)C3)cc2c1=O. The van der Waals surface area contributed by atoms with Crippen molar-refractivity contribution in [3.63, 3.8) is 0 Å². The van der Waals surface area contributed by atoms with Crippen LogP contribution in [0.1, 0.15) is 60.6 Å². The molecule has 2 fully saturated rings. The molecule has 2 aliphatic rings. The Bertz CT molecular complexity index is 1560. The second-order valence-corrected chi connectivity index (χ2v) is 9.69. The van der Waals surface area contributed by atoms with Crippen molar-refractivity contribution in [1.29, 1.82) is 0 Å². The number of hydrogen-bond acceptors (Lipinski definition) is 5. The maximum absolute atomic E-state index is 15.0. The first kappa shape index (κ1) is 23.8. The molecule has 4 aromatic rings. The standard InChI is InChI=1S/C26H23F4N5O2/c1-34-25(36)19-10-22(14-6-7-37-23(8-14)15-11-32-35(13-15)17-3-4-17)33-24(20(19)12-31-34)18-5-2-16(9-21(18)27)26(28,29)30/h2,5,9-14,17,23H,3-4,6-8H2,1H3/t14?,23-/m1/s1. The third-order valence-electron chi connectivity index (χ3n) is 7.13. The molecule has 0 amide bonds. The normalized spacial score (nSPS) is 20.5. The van der Waals surface area contributed by atoms with E-state index in [-0.39, 0.29) is 34.1 Å². The molecule has 1 unspecified atom stereocenters. The van der Waals surface area contributed by atoms with E-state index in [1.165, 1.54) is 13.2 Å². The fourth-order valence-corrected chi connectivity index (χ4v) is 4.91. The lowest BCUT2D eigenvalue weighted by Gasteiger charge is -2.29. The molecule has 0 radical (unpaired) electrons. The van der Waals surface area contributed by atoms with Crippen LogP contribution >= 0.6 is 0 Å². The number of benzene rings is 1. The first-order chi connectivity index (χ1) is 17.7. The molecule has 0 N–H and O–H groups in total. The summed E-state index contributed by atoms with van der Waals surface area (Å²) in [5.41, 5.74) is 0.00328. The first-order valence-electron chi connectivity index (χ1n) is 12.1. The van der Waals surface area contributed by atoms with E-state index in [2.05, 4.69) is 10.2 Å². The van der Waals surface area contributed by atoms with Crippen LogP contribution in [0.25, 0.3) is 22.0 Å². The molecule has 1 aliphatic heterocycles. The van der Waals surface area contributed by atoms with Gasteiger partial charge in [0.05, 0.1) is 41.2 Å². The largest absolute Gasteiger partial charge is 0.416 e. The Morgan fingerprint density at radius 1 is 1.05 bits per heavy atom. The number of pyridine rings is 1. The Kier molecular flexibility index (Phi) is 5.63. The van der Waals surface area contributed by atoms with Gasteiger partial charge in [0, 0.05) is 48.0 Å². The van der Waals surface area contributed by atoms with E-state index in [0.29, 0.717) is 37.3 Å². The van der Waals surface area contributed by atoms with E-state index >= 15 is 4.39 Å². The molecule has 0 spiro atoms. The summed E-state index contributed by atoms with van der Waals surface area (Å²) >= 11 is 0. The van der Waals surface area contributed by atoms with Gasteiger partial charge >= 0.3 is 6.18 Å². The minimum absolute atomic E-state index is 0.0912. The number of halogens is 4. The summed E-state index contributed by atoms with van der Waals surface area (Å²) < 4.78 is 63.6. The van der Waals surface area contributed by atoms with Gasteiger partial charge in [0.2, 0.25) is 0 Å². The summed E-state index contributed by atoms with van der Waals surface area (Å²) in [4.78, 5) is 17.7. The van der Waals surface area contributed by atoms with Crippen molar-refractivity contribution in [2.75, 3.05) is 6.61 Å². The van der Waals surface area contributed by atoms with Crippen LogP contribution < -0.4 is 5.56 Å². The molecule has 37 heavy (non-hydrogen) atoms. The number of aromatic nitrogens is 5. The van der Waals surface area contributed by atoms with Crippen molar-refractivity contribution < 1.29 is 22.3 Å². The number of fused-ring (bicyclic) bond motifs is 1. The zero-order valence-electron chi connectivity index (χ0n) is 19.9. The molecule has 11 heteroatoms. The highest BCUT2D eigenvalue weighted by Crippen LogP contribution is 2.41. The highest BCUT2D eigenvalue weighted by Gasteiger charge is 2.33. The van der Waals surface area contributed by atoms with Crippen LogP contribution in [0.5, 0.6) is 0 Å². The smallest absolute Gasteiger partial charge is 0.373 e. The summed E-state index contributed by atoms with van der Waals surface area (Å²) in [7, 11) is 1.50. The van der Waals surface area contributed by atoms with Gasteiger partial charge < -0.3 is 4.74 Å². The third-order valence-corrected chi connectivity index (χ3v) is 7.13. The molecular weight excluding hydrogens is 490 g/mol. The second kappa shape index (κ2) is 8.76. The average Bonchev–Trinajstić information content (AvgIpc) is 3.61. The van der Waals surface area contributed by atoms with Crippen LogP contribution in [-0.2, 0) is 18.0 Å². The van der Waals surface area contributed by atoms with Crippen molar-refractivity contribution in [2.24, 2.45) is 7.05 Å². The lowest BCUT2D eigenvalue weighted by molar-refractivity contribution is -0.137. The highest BCUT2D eigenvalue weighted by atomic mass is 19.4. The van der Waals surface area contributed by atoms with Gasteiger partial charge in [-0.3, -0.25) is 14.5 Å². The van der Waals surface area contributed by atoms with Crippen molar-refractivity contribution in [1.82, 2.24) is 24.5 Å². The van der Waals surface area contributed by atoms with Crippen LogP contribution in [0.15, 0.2) is 47.7 Å². The quantitative estimate of drug-likeness (QED) is 0.346. The van der Waals surface area contributed by atoms with Crippen LogP contribution in [0, 0.1) is 5.82 Å². The van der Waals surface area contributed by atoms with Crippen molar-refractivity contribution in [3.8, 4) is 11.3 Å². The molecule has 192 valence electrons. The van der Waals surface area contributed by atoms with E-state index in [4.69, 9.17) is 9.72 Å². The van der Waals surface area contributed by atoms with Gasteiger partial charge in [-0.05, 0) is 49.9 Å². The second-order valence-electron chi connectivity index (χ2n) is 9.69. The number of hydrogen-bond donors (Lipinski definition) is 0. The molecule has 2 atom stereocenters. The number of rotatable bonds is 4. The Hall–Kier alpha value is -3.60.